The van der Waals surface area contributed by atoms with E-state index in [-0.39, 0.29) is 17.9 Å². The largest absolute Gasteiger partial charge is 0.507 e. The predicted octanol–water partition coefficient (Wildman–Crippen LogP) is 4.74. The molecular weight excluding hydrogens is 436 g/mol. The SMILES string of the molecule is COc1cc(/C(O)=C2/C(=O)C(=O)N(Cc3cccnc3)C2c2sccc2C)ccc1Cl. The van der Waals surface area contributed by atoms with Gasteiger partial charge in [-0.05, 0) is 53.8 Å². The summed E-state index contributed by atoms with van der Waals surface area (Å²) < 4.78 is 5.23. The quantitative estimate of drug-likeness (QED) is 0.342. The number of ketones is 1. The molecule has 1 N–H and O–H groups in total. The Morgan fingerprint density at radius 3 is 2.74 bits per heavy atom. The summed E-state index contributed by atoms with van der Waals surface area (Å²) in [4.78, 5) is 32.5. The average Bonchev–Trinajstić information content (AvgIpc) is 3.30. The number of aromatic nitrogens is 1. The standard InChI is InChI=1S/C23H19ClN2O4S/c1-13-7-9-31-22(13)19-18(20(27)15-5-6-16(24)17(10-15)30-2)21(28)23(29)26(19)12-14-4-3-8-25-11-14/h3-11,19,27H,12H2,1-2H3/b20-18-. The van der Waals surface area contributed by atoms with Gasteiger partial charge in [0.2, 0.25) is 0 Å². The highest BCUT2D eigenvalue weighted by atomic mass is 35.5. The molecule has 31 heavy (non-hydrogen) atoms. The highest BCUT2D eigenvalue weighted by Gasteiger charge is 2.47. The average molecular weight is 455 g/mol. The van der Waals surface area contributed by atoms with Gasteiger partial charge in [0.05, 0.1) is 17.7 Å². The van der Waals surface area contributed by atoms with Gasteiger partial charge < -0.3 is 14.7 Å². The predicted molar refractivity (Wildman–Crippen MR) is 119 cm³/mol. The van der Waals surface area contributed by atoms with E-state index >= 15 is 0 Å². The molecule has 1 aliphatic rings. The number of carbonyl (C=O) groups is 2. The van der Waals surface area contributed by atoms with Gasteiger partial charge in [0, 0.05) is 29.4 Å². The number of hydrogen-bond donors (Lipinski definition) is 1. The number of Topliss-reactive ketones (excluding diaryl/α,β-unsaturated/α-hetero) is 1. The molecule has 3 aromatic rings. The molecule has 1 saturated heterocycles. The third-order valence-corrected chi connectivity index (χ3v) is 6.57. The van der Waals surface area contributed by atoms with Crippen molar-refractivity contribution in [3.63, 3.8) is 0 Å². The van der Waals surface area contributed by atoms with E-state index in [1.807, 2.05) is 24.4 Å². The summed E-state index contributed by atoms with van der Waals surface area (Å²) in [6.07, 6.45) is 3.30. The third-order valence-electron chi connectivity index (χ3n) is 5.19. The number of rotatable bonds is 5. The molecule has 4 rings (SSSR count). The van der Waals surface area contributed by atoms with Crippen LogP contribution in [0, 0.1) is 6.92 Å². The number of hydrogen-bond acceptors (Lipinski definition) is 6. The van der Waals surface area contributed by atoms with Crippen molar-refractivity contribution in [2.24, 2.45) is 0 Å². The Hall–Kier alpha value is -3.16. The van der Waals surface area contributed by atoms with Crippen molar-refractivity contribution in [3.8, 4) is 5.75 Å². The van der Waals surface area contributed by atoms with Gasteiger partial charge in [-0.2, -0.15) is 0 Å². The van der Waals surface area contributed by atoms with Crippen molar-refractivity contribution in [1.82, 2.24) is 9.88 Å². The van der Waals surface area contributed by atoms with Gasteiger partial charge in [-0.3, -0.25) is 14.6 Å². The molecule has 1 aromatic carbocycles. The molecule has 0 aliphatic carbocycles. The fraction of sp³-hybridized carbons (Fsp3) is 0.174. The molecule has 0 spiro atoms. The molecule has 1 unspecified atom stereocenters. The van der Waals surface area contributed by atoms with Gasteiger partial charge in [-0.25, -0.2) is 0 Å². The molecular formula is C23H19ClN2O4S. The maximum atomic E-state index is 13.1. The number of benzene rings is 1. The Morgan fingerprint density at radius 1 is 1.29 bits per heavy atom. The number of aliphatic hydroxyl groups excluding tert-OH is 1. The molecule has 0 bridgehead atoms. The lowest BCUT2D eigenvalue weighted by atomic mass is 9.98. The number of pyridine rings is 1. The smallest absolute Gasteiger partial charge is 0.295 e. The Labute approximate surface area is 188 Å². The topological polar surface area (TPSA) is 79.7 Å². The summed E-state index contributed by atoms with van der Waals surface area (Å²) in [6, 6.07) is 9.55. The molecule has 158 valence electrons. The van der Waals surface area contributed by atoms with Crippen LogP contribution in [0.25, 0.3) is 5.76 Å². The van der Waals surface area contributed by atoms with Crippen LogP contribution in [0.4, 0.5) is 0 Å². The van der Waals surface area contributed by atoms with Crippen LogP contribution >= 0.6 is 22.9 Å². The summed E-state index contributed by atoms with van der Waals surface area (Å²) in [5.74, 6) is -1.30. The first-order valence-corrected chi connectivity index (χ1v) is 10.7. The first-order chi connectivity index (χ1) is 14.9. The second-order valence-corrected chi connectivity index (χ2v) is 8.46. The summed E-state index contributed by atoms with van der Waals surface area (Å²) in [5.41, 5.74) is 2.12. The molecule has 6 nitrogen and oxygen atoms in total. The number of halogens is 1. The first kappa shape index (κ1) is 21.1. The van der Waals surface area contributed by atoms with Gasteiger partial charge in [-0.1, -0.05) is 17.7 Å². The normalized spacial score (nSPS) is 17.9. The van der Waals surface area contributed by atoms with Crippen LogP contribution in [-0.4, -0.2) is 33.8 Å². The van der Waals surface area contributed by atoms with Crippen LogP contribution in [0.1, 0.15) is 27.6 Å². The van der Waals surface area contributed by atoms with Crippen LogP contribution < -0.4 is 4.74 Å². The minimum absolute atomic E-state index is 0.0452. The Morgan fingerprint density at radius 2 is 2.10 bits per heavy atom. The Balaban J connectivity index is 1.87. The van der Waals surface area contributed by atoms with Crippen molar-refractivity contribution < 1.29 is 19.4 Å². The number of thiophene rings is 1. The second kappa shape index (κ2) is 8.53. The van der Waals surface area contributed by atoms with Gasteiger partial charge >= 0.3 is 0 Å². The minimum Gasteiger partial charge on any atom is -0.507 e. The van der Waals surface area contributed by atoms with Crippen molar-refractivity contribution in [3.05, 3.63) is 86.3 Å². The lowest BCUT2D eigenvalue weighted by Crippen LogP contribution is -2.29. The molecule has 1 fully saturated rings. The number of aliphatic hydroxyl groups is 1. The lowest BCUT2D eigenvalue weighted by Gasteiger charge is -2.25. The number of aryl methyl sites for hydroxylation is 1. The first-order valence-electron chi connectivity index (χ1n) is 9.47. The van der Waals surface area contributed by atoms with Gasteiger partial charge in [-0.15, -0.1) is 11.3 Å². The number of carbonyl (C=O) groups excluding carboxylic acids is 2. The number of methoxy groups -OCH3 is 1. The molecule has 2 aromatic heterocycles. The molecule has 1 aliphatic heterocycles. The molecule has 3 heterocycles. The van der Waals surface area contributed by atoms with Gasteiger partial charge in [0.1, 0.15) is 17.6 Å². The molecule has 1 atom stereocenters. The van der Waals surface area contributed by atoms with Crippen molar-refractivity contribution in [2.75, 3.05) is 7.11 Å². The molecule has 0 radical (unpaired) electrons. The van der Waals surface area contributed by atoms with E-state index < -0.39 is 17.7 Å². The highest BCUT2D eigenvalue weighted by molar-refractivity contribution is 7.10. The van der Waals surface area contributed by atoms with Gasteiger partial charge in [0.25, 0.3) is 11.7 Å². The second-order valence-electron chi connectivity index (χ2n) is 7.11. The zero-order valence-electron chi connectivity index (χ0n) is 16.8. The third kappa shape index (κ3) is 3.82. The number of ether oxygens (including phenoxy) is 1. The monoisotopic (exact) mass is 454 g/mol. The van der Waals surface area contributed by atoms with Crippen LogP contribution in [0.3, 0.4) is 0 Å². The Kier molecular flexibility index (Phi) is 5.80. The van der Waals surface area contributed by atoms with E-state index in [1.165, 1.54) is 23.3 Å². The summed E-state index contributed by atoms with van der Waals surface area (Å²) in [7, 11) is 1.47. The van der Waals surface area contributed by atoms with Crippen LogP contribution in [0.5, 0.6) is 5.75 Å². The van der Waals surface area contributed by atoms with Crippen LogP contribution in [-0.2, 0) is 16.1 Å². The minimum atomic E-state index is -0.729. The number of likely N-dealkylation sites (tertiary alicyclic amines) is 1. The molecule has 0 saturated carbocycles. The Bertz CT molecular complexity index is 1190. The fourth-order valence-corrected chi connectivity index (χ4v) is 4.87. The summed E-state index contributed by atoms with van der Waals surface area (Å²) in [6.45, 7) is 2.11. The van der Waals surface area contributed by atoms with E-state index in [4.69, 9.17) is 16.3 Å². The maximum absolute atomic E-state index is 13.1. The van der Waals surface area contributed by atoms with Crippen LogP contribution in [0.2, 0.25) is 5.02 Å². The van der Waals surface area contributed by atoms with E-state index in [9.17, 15) is 14.7 Å². The van der Waals surface area contributed by atoms with E-state index in [1.54, 1.807) is 36.7 Å². The van der Waals surface area contributed by atoms with Gasteiger partial charge in [0.15, 0.2) is 0 Å². The molecule has 8 heteroatoms. The maximum Gasteiger partial charge on any atom is 0.295 e. The number of amides is 1. The zero-order chi connectivity index (χ0) is 22.1. The number of nitrogens with zero attached hydrogens (tertiary/aromatic N) is 2. The van der Waals surface area contributed by atoms with E-state index in [2.05, 4.69) is 4.98 Å². The zero-order valence-corrected chi connectivity index (χ0v) is 18.4. The van der Waals surface area contributed by atoms with Crippen LogP contribution in [0.15, 0.2) is 59.7 Å². The summed E-state index contributed by atoms with van der Waals surface area (Å²) >= 11 is 7.54. The van der Waals surface area contributed by atoms with E-state index in [0.29, 0.717) is 16.3 Å². The highest BCUT2D eigenvalue weighted by Crippen LogP contribution is 2.43. The summed E-state index contributed by atoms with van der Waals surface area (Å²) in [5, 5.41) is 13.4. The lowest BCUT2D eigenvalue weighted by molar-refractivity contribution is -0.140. The van der Waals surface area contributed by atoms with Crippen molar-refractivity contribution in [1.29, 1.82) is 0 Å². The van der Waals surface area contributed by atoms with E-state index in [0.717, 1.165) is 16.0 Å². The van der Waals surface area contributed by atoms with Crippen molar-refractivity contribution in [2.45, 2.75) is 19.5 Å². The van der Waals surface area contributed by atoms with Crippen molar-refractivity contribution >= 4 is 40.4 Å². The fourth-order valence-electron chi connectivity index (χ4n) is 3.63. The molecule has 1 amide bonds.